The SMILES string of the molecule is Cc1ccc(-c2cn3nc(-c4cccnc4C)ccc3n2)cc1NC(=O)C(C)(C)C. The van der Waals surface area contributed by atoms with Crippen molar-refractivity contribution in [3.63, 3.8) is 0 Å². The second kappa shape index (κ2) is 7.37. The molecule has 30 heavy (non-hydrogen) atoms. The molecule has 0 fully saturated rings. The Labute approximate surface area is 176 Å². The van der Waals surface area contributed by atoms with Crippen LogP contribution in [0.2, 0.25) is 0 Å². The second-order valence-corrected chi connectivity index (χ2v) is 8.52. The maximum absolute atomic E-state index is 12.4. The van der Waals surface area contributed by atoms with Gasteiger partial charge in [-0.25, -0.2) is 9.50 Å². The van der Waals surface area contributed by atoms with Crippen molar-refractivity contribution in [1.29, 1.82) is 0 Å². The van der Waals surface area contributed by atoms with Gasteiger partial charge < -0.3 is 5.32 Å². The van der Waals surface area contributed by atoms with Gasteiger partial charge in [0.05, 0.1) is 17.6 Å². The highest BCUT2D eigenvalue weighted by Crippen LogP contribution is 2.27. The van der Waals surface area contributed by atoms with E-state index in [0.717, 1.165) is 45.1 Å². The number of pyridine rings is 1. The van der Waals surface area contributed by atoms with E-state index in [9.17, 15) is 4.79 Å². The molecule has 0 aliphatic carbocycles. The number of aromatic nitrogens is 4. The van der Waals surface area contributed by atoms with E-state index in [2.05, 4.69) is 10.3 Å². The highest BCUT2D eigenvalue weighted by molar-refractivity contribution is 5.95. The predicted molar refractivity (Wildman–Crippen MR) is 119 cm³/mol. The zero-order valence-electron chi connectivity index (χ0n) is 17.9. The topological polar surface area (TPSA) is 72.2 Å². The van der Waals surface area contributed by atoms with Crippen molar-refractivity contribution in [3.8, 4) is 22.5 Å². The zero-order chi connectivity index (χ0) is 21.5. The molecule has 4 aromatic rings. The fourth-order valence-electron chi connectivity index (χ4n) is 3.15. The molecular formula is C24H25N5O. The Kier molecular flexibility index (Phi) is 4.86. The Hall–Kier alpha value is -3.54. The first-order chi connectivity index (χ1) is 14.2. The fraction of sp³-hybridized carbons (Fsp3) is 0.250. The maximum atomic E-state index is 12.4. The number of aryl methyl sites for hydroxylation is 2. The number of anilines is 1. The first-order valence-corrected chi connectivity index (χ1v) is 9.93. The molecule has 0 saturated heterocycles. The molecular weight excluding hydrogens is 374 g/mol. The van der Waals surface area contributed by atoms with Gasteiger partial charge in [0.15, 0.2) is 5.65 Å². The minimum Gasteiger partial charge on any atom is -0.325 e. The summed E-state index contributed by atoms with van der Waals surface area (Å²) in [4.78, 5) is 21.5. The van der Waals surface area contributed by atoms with E-state index in [1.54, 1.807) is 10.7 Å². The highest BCUT2D eigenvalue weighted by Gasteiger charge is 2.22. The molecule has 6 nitrogen and oxygen atoms in total. The van der Waals surface area contributed by atoms with Gasteiger partial charge in [-0.15, -0.1) is 0 Å². The molecule has 6 heteroatoms. The minimum atomic E-state index is -0.462. The molecule has 0 unspecified atom stereocenters. The average Bonchev–Trinajstić information content (AvgIpc) is 3.12. The average molecular weight is 399 g/mol. The molecule has 1 N–H and O–H groups in total. The van der Waals surface area contributed by atoms with Crippen molar-refractivity contribution in [1.82, 2.24) is 19.6 Å². The van der Waals surface area contributed by atoms with Gasteiger partial charge in [-0.05, 0) is 49.7 Å². The molecule has 3 aromatic heterocycles. The number of amides is 1. The maximum Gasteiger partial charge on any atom is 0.229 e. The molecule has 152 valence electrons. The van der Waals surface area contributed by atoms with Crippen LogP contribution in [0.15, 0.2) is 54.9 Å². The molecule has 4 rings (SSSR count). The van der Waals surface area contributed by atoms with Gasteiger partial charge in [-0.3, -0.25) is 9.78 Å². The summed E-state index contributed by atoms with van der Waals surface area (Å²) in [6.45, 7) is 9.65. The third-order valence-corrected chi connectivity index (χ3v) is 5.07. The van der Waals surface area contributed by atoms with Crippen molar-refractivity contribution in [3.05, 3.63) is 66.1 Å². The van der Waals surface area contributed by atoms with Crippen molar-refractivity contribution in [2.75, 3.05) is 5.32 Å². The number of rotatable bonds is 3. The van der Waals surface area contributed by atoms with Crippen LogP contribution in [0.3, 0.4) is 0 Å². The molecule has 1 amide bonds. The lowest BCUT2D eigenvalue weighted by molar-refractivity contribution is -0.123. The summed E-state index contributed by atoms with van der Waals surface area (Å²) >= 11 is 0. The summed E-state index contributed by atoms with van der Waals surface area (Å²) in [6, 6.07) is 13.8. The van der Waals surface area contributed by atoms with Gasteiger partial charge in [0.1, 0.15) is 0 Å². The number of benzene rings is 1. The predicted octanol–water partition coefficient (Wildman–Crippen LogP) is 5.06. The van der Waals surface area contributed by atoms with Crippen molar-refractivity contribution < 1.29 is 4.79 Å². The molecule has 0 saturated carbocycles. The van der Waals surface area contributed by atoms with E-state index >= 15 is 0 Å². The number of fused-ring (bicyclic) bond motifs is 1. The van der Waals surface area contributed by atoms with Crippen LogP contribution < -0.4 is 5.32 Å². The molecule has 0 aliphatic heterocycles. The third-order valence-electron chi connectivity index (χ3n) is 5.07. The molecule has 1 aromatic carbocycles. The van der Waals surface area contributed by atoms with Gasteiger partial charge in [0.25, 0.3) is 0 Å². The van der Waals surface area contributed by atoms with Gasteiger partial charge >= 0.3 is 0 Å². The quantitative estimate of drug-likeness (QED) is 0.523. The van der Waals surface area contributed by atoms with E-state index in [1.807, 2.05) is 83.3 Å². The summed E-state index contributed by atoms with van der Waals surface area (Å²) < 4.78 is 1.78. The fourth-order valence-corrected chi connectivity index (χ4v) is 3.15. The molecule has 0 spiro atoms. The van der Waals surface area contributed by atoms with Crippen LogP contribution >= 0.6 is 0 Å². The lowest BCUT2D eigenvalue weighted by Gasteiger charge is -2.19. The van der Waals surface area contributed by atoms with E-state index in [1.165, 1.54) is 0 Å². The van der Waals surface area contributed by atoms with Crippen LogP contribution in [0.4, 0.5) is 5.69 Å². The van der Waals surface area contributed by atoms with E-state index in [4.69, 9.17) is 10.1 Å². The van der Waals surface area contributed by atoms with Crippen LogP contribution in [0.1, 0.15) is 32.0 Å². The molecule has 3 heterocycles. The zero-order valence-corrected chi connectivity index (χ0v) is 17.9. The Bertz CT molecular complexity index is 1250. The highest BCUT2D eigenvalue weighted by atomic mass is 16.2. The largest absolute Gasteiger partial charge is 0.325 e. The van der Waals surface area contributed by atoms with Crippen LogP contribution in [0, 0.1) is 19.3 Å². The normalized spacial score (nSPS) is 11.6. The number of nitrogens with one attached hydrogen (secondary N) is 1. The van der Waals surface area contributed by atoms with Gasteiger partial charge in [0, 0.05) is 34.1 Å². The number of hydrogen-bond acceptors (Lipinski definition) is 4. The van der Waals surface area contributed by atoms with E-state index < -0.39 is 5.41 Å². The number of carbonyl (C=O) groups is 1. The number of imidazole rings is 1. The Morgan fingerprint density at radius 2 is 1.83 bits per heavy atom. The first-order valence-electron chi connectivity index (χ1n) is 9.93. The van der Waals surface area contributed by atoms with Crippen molar-refractivity contribution >= 4 is 17.2 Å². The Balaban J connectivity index is 1.71. The van der Waals surface area contributed by atoms with Crippen LogP contribution in [0.25, 0.3) is 28.2 Å². The van der Waals surface area contributed by atoms with Gasteiger partial charge in [0.2, 0.25) is 5.91 Å². The standard InChI is InChI=1S/C24H25N5O/c1-15-8-9-17(13-20(15)27-23(30)24(3,4)5)21-14-29-22(26-21)11-10-19(28-29)18-7-6-12-25-16(18)2/h6-14H,1-5H3,(H,27,30). The van der Waals surface area contributed by atoms with Crippen molar-refractivity contribution in [2.45, 2.75) is 34.6 Å². The lowest BCUT2D eigenvalue weighted by atomic mass is 9.95. The smallest absolute Gasteiger partial charge is 0.229 e. The number of hydrogen-bond donors (Lipinski definition) is 1. The molecule has 0 radical (unpaired) electrons. The monoisotopic (exact) mass is 399 g/mol. The van der Waals surface area contributed by atoms with Crippen LogP contribution in [0.5, 0.6) is 0 Å². The third kappa shape index (κ3) is 3.81. The van der Waals surface area contributed by atoms with Gasteiger partial charge in [-0.1, -0.05) is 32.9 Å². The van der Waals surface area contributed by atoms with E-state index in [0.29, 0.717) is 0 Å². The van der Waals surface area contributed by atoms with Gasteiger partial charge in [-0.2, -0.15) is 5.10 Å². The second-order valence-electron chi connectivity index (χ2n) is 8.52. The van der Waals surface area contributed by atoms with Crippen molar-refractivity contribution in [2.24, 2.45) is 5.41 Å². The molecule has 0 aliphatic rings. The van der Waals surface area contributed by atoms with Crippen LogP contribution in [-0.2, 0) is 4.79 Å². The van der Waals surface area contributed by atoms with Crippen LogP contribution in [-0.4, -0.2) is 25.5 Å². The molecule has 0 atom stereocenters. The Morgan fingerprint density at radius 1 is 1.03 bits per heavy atom. The summed E-state index contributed by atoms with van der Waals surface area (Å²) in [7, 11) is 0. The lowest BCUT2D eigenvalue weighted by Crippen LogP contribution is -2.27. The summed E-state index contributed by atoms with van der Waals surface area (Å²) in [5, 5.41) is 7.75. The minimum absolute atomic E-state index is 0.0177. The summed E-state index contributed by atoms with van der Waals surface area (Å²) in [5.74, 6) is -0.0177. The molecule has 0 bridgehead atoms. The Morgan fingerprint density at radius 3 is 2.57 bits per heavy atom. The first kappa shape index (κ1) is 19.8. The summed E-state index contributed by atoms with van der Waals surface area (Å²) in [5.41, 5.74) is 6.60. The number of carbonyl (C=O) groups excluding carboxylic acids is 1. The number of nitrogens with zero attached hydrogens (tertiary/aromatic N) is 4. The van der Waals surface area contributed by atoms with E-state index in [-0.39, 0.29) is 5.91 Å². The summed E-state index contributed by atoms with van der Waals surface area (Å²) in [6.07, 6.45) is 3.69.